The lowest BCUT2D eigenvalue weighted by Crippen LogP contribution is -2.41. The van der Waals surface area contributed by atoms with E-state index in [0.717, 1.165) is 18.4 Å². The largest absolute Gasteiger partial charge is 0.427 e. The highest BCUT2D eigenvalue weighted by atomic mass is 16.5. The van der Waals surface area contributed by atoms with Crippen molar-refractivity contribution in [3.63, 3.8) is 0 Å². The quantitative estimate of drug-likeness (QED) is 0.624. The van der Waals surface area contributed by atoms with Gasteiger partial charge in [-0.2, -0.15) is 0 Å². The van der Waals surface area contributed by atoms with E-state index in [-0.39, 0.29) is 11.8 Å². The lowest BCUT2D eigenvalue weighted by atomic mass is 9.96. The number of hydrogen-bond acceptors (Lipinski definition) is 4. The molecular weight excluding hydrogens is 368 g/mol. The summed E-state index contributed by atoms with van der Waals surface area (Å²) in [5, 5.41) is 3.02. The Morgan fingerprint density at radius 3 is 2.48 bits per heavy atom. The maximum Gasteiger partial charge on any atom is 0.308 e. The van der Waals surface area contributed by atoms with Gasteiger partial charge in [-0.1, -0.05) is 24.3 Å². The van der Waals surface area contributed by atoms with Gasteiger partial charge < -0.3 is 15.0 Å². The van der Waals surface area contributed by atoms with Crippen LogP contribution in [0.1, 0.15) is 46.0 Å². The summed E-state index contributed by atoms with van der Waals surface area (Å²) in [6, 6.07) is 14.2. The van der Waals surface area contributed by atoms with Crippen LogP contribution in [0.5, 0.6) is 5.75 Å². The Kier molecular flexibility index (Phi) is 6.65. The Balaban J connectivity index is 1.50. The normalized spacial score (nSPS) is 14.3. The van der Waals surface area contributed by atoms with E-state index in [1.807, 2.05) is 36.1 Å². The average Bonchev–Trinajstić information content (AvgIpc) is 2.72. The van der Waals surface area contributed by atoms with Gasteiger partial charge in [0.2, 0.25) is 0 Å². The van der Waals surface area contributed by atoms with Crippen molar-refractivity contribution in [1.82, 2.24) is 10.2 Å². The number of hydrogen-bond donors (Lipinski definition) is 1. The maximum absolute atomic E-state index is 12.7. The molecule has 1 saturated heterocycles. The first-order valence-electron chi connectivity index (χ1n) is 9.85. The number of amides is 2. The Morgan fingerprint density at radius 1 is 1.07 bits per heavy atom. The van der Waals surface area contributed by atoms with Crippen molar-refractivity contribution in [2.45, 2.75) is 26.7 Å². The minimum absolute atomic E-state index is 0.0520. The van der Waals surface area contributed by atoms with Crippen molar-refractivity contribution in [2.75, 3.05) is 19.6 Å². The Bertz CT molecular complexity index is 901. The molecule has 0 aromatic heterocycles. The molecule has 152 valence electrons. The zero-order valence-electron chi connectivity index (χ0n) is 16.8. The highest BCUT2D eigenvalue weighted by Crippen LogP contribution is 2.21. The second-order valence-electron chi connectivity index (χ2n) is 7.38. The van der Waals surface area contributed by atoms with E-state index in [1.54, 1.807) is 24.3 Å². The van der Waals surface area contributed by atoms with E-state index >= 15 is 0 Å². The molecule has 6 nitrogen and oxygen atoms in total. The summed E-state index contributed by atoms with van der Waals surface area (Å²) in [6.07, 6.45) is 1.67. The molecule has 1 aliphatic heterocycles. The first-order valence-corrected chi connectivity index (χ1v) is 9.85. The van der Waals surface area contributed by atoms with Crippen LogP contribution in [0.4, 0.5) is 0 Å². The molecule has 1 heterocycles. The number of aryl methyl sites for hydroxylation is 1. The van der Waals surface area contributed by atoms with Gasteiger partial charge in [0, 0.05) is 37.7 Å². The Hall–Kier alpha value is -3.15. The second-order valence-corrected chi connectivity index (χ2v) is 7.38. The van der Waals surface area contributed by atoms with Crippen LogP contribution in [0.15, 0.2) is 48.5 Å². The molecular formula is C23H26N2O4. The zero-order chi connectivity index (χ0) is 20.8. The Labute approximate surface area is 170 Å². The molecule has 0 saturated carbocycles. The lowest BCUT2D eigenvalue weighted by molar-refractivity contribution is -0.131. The molecule has 0 bridgehead atoms. The van der Waals surface area contributed by atoms with Crippen molar-refractivity contribution in [3.05, 3.63) is 65.2 Å². The van der Waals surface area contributed by atoms with E-state index in [1.165, 1.54) is 6.92 Å². The molecule has 1 aliphatic rings. The van der Waals surface area contributed by atoms with Crippen LogP contribution in [-0.4, -0.2) is 42.3 Å². The molecule has 0 atom stereocenters. The van der Waals surface area contributed by atoms with E-state index in [4.69, 9.17) is 4.74 Å². The van der Waals surface area contributed by atoms with Crippen molar-refractivity contribution in [3.8, 4) is 5.75 Å². The van der Waals surface area contributed by atoms with Gasteiger partial charge in [-0.15, -0.1) is 0 Å². The van der Waals surface area contributed by atoms with E-state index in [0.29, 0.717) is 42.4 Å². The molecule has 0 radical (unpaired) electrons. The van der Waals surface area contributed by atoms with Gasteiger partial charge in [0.05, 0.1) is 0 Å². The van der Waals surface area contributed by atoms with Crippen LogP contribution in [0.3, 0.4) is 0 Å². The zero-order valence-corrected chi connectivity index (χ0v) is 16.8. The van der Waals surface area contributed by atoms with Gasteiger partial charge in [-0.05, 0) is 55.5 Å². The summed E-state index contributed by atoms with van der Waals surface area (Å²) >= 11 is 0. The fourth-order valence-corrected chi connectivity index (χ4v) is 3.54. The van der Waals surface area contributed by atoms with E-state index < -0.39 is 5.97 Å². The van der Waals surface area contributed by atoms with Crippen LogP contribution in [0.25, 0.3) is 0 Å². The number of nitrogens with zero attached hydrogens (tertiary/aromatic N) is 1. The van der Waals surface area contributed by atoms with Gasteiger partial charge in [0.1, 0.15) is 5.75 Å². The number of esters is 1. The van der Waals surface area contributed by atoms with Crippen LogP contribution < -0.4 is 10.1 Å². The predicted molar refractivity (Wildman–Crippen MR) is 110 cm³/mol. The predicted octanol–water partition coefficient (Wildman–Crippen LogP) is 3.20. The number of carbonyl (C=O) groups excluding carboxylic acids is 3. The van der Waals surface area contributed by atoms with Crippen LogP contribution in [0, 0.1) is 12.8 Å². The molecule has 1 N–H and O–H groups in total. The topological polar surface area (TPSA) is 75.7 Å². The first kappa shape index (κ1) is 20.6. The highest BCUT2D eigenvalue weighted by Gasteiger charge is 2.24. The molecule has 6 heteroatoms. The average molecular weight is 394 g/mol. The van der Waals surface area contributed by atoms with Crippen molar-refractivity contribution in [2.24, 2.45) is 5.92 Å². The summed E-state index contributed by atoms with van der Waals surface area (Å²) in [5.74, 6) is 0.185. The number of ether oxygens (including phenoxy) is 1. The number of benzene rings is 2. The number of nitrogens with one attached hydrogen (secondary N) is 1. The number of piperidine rings is 1. The van der Waals surface area contributed by atoms with Gasteiger partial charge in [0.15, 0.2) is 0 Å². The smallest absolute Gasteiger partial charge is 0.308 e. The molecule has 0 aliphatic carbocycles. The minimum Gasteiger partial charge on any atom is -0.427 e. The van der Waals surface area contributed by atoms with Gasteiger partial charge >= 0.3 is 5.97 Å². The van der Waals surface area contributed by atoms with Gasteiger partial charge in [-0.25, -0.2) is 0 Å². The number of carbonyl (C=O) groups is 3. The summed E-state index contributed by atoms with van der Waals surface area (Å²) in [5.41, 5.74) is 2.17. The van der Waals surface area contributed by atoms with Crippen molar-refractivity contribution < 1.29 is 19.1 Å². The SMILES string of the molecule is CC(=O)Oc1cccc(C(=O)N2CCC(CNC(=O)c3ccccc3C)CC2)c1. The van der Waals surface area contributed by atoms with Crippen LogP contribution in [0.2, 0.25) is 0 Å². The Morgan fingerprint density at radius 2 is 1.79 bits per heavy atom. The third-order valence-electron chi connectivity index (χ3n) is 5.19. The third-order valence-corrected chi connectivity index (χ3v) is 5.19. The second kappa shape index (κ2) is 9.37. The highest BCUT2D eigenvalue weighted by molar-refractivity contribution is 5.96. The molecule has 1 fully saturated rings. The minimum atomic E-state index is -0.414. The van der Waals surface area contributed by atoms with E-state index in [9.17, 15) is 14.4 Å². The lowest BCUT2D eigenvalue weighted by Gasteiger charge is -2.32. The first-order chi connectivity index (χ1) is 13.9. The molecule has 29 heavy (non-hydrogen) atoms. The summed E-state index contributed by atoms with van der Waals surface area (Å²) < 4.78 is 5.06. The standard InChI is InChI=1S/C23H26N2O4/c1-16-6-3-4-9-21(16)22(27)24-15-18-10-12-25(13-11-18)23(28)19-7-5-8-20(14-19)29-17(2)26/h3-9,14,18H,10-13,15H2,1-2H3,(H,24,27). The molecule has 0 unspecified atom stereocenters. The monoisotopic (exact) mass is 394 g/mol. The summed E-state index contributed by atoms with van der Waals surface area (Å²) in [7, 11) is 0. The third kappa shape index (κ3) is 5.44. The fourth-order valence-electron chi connectivity index (χ4n) is 3.54. The number of likely N-dealkylation sites (tertiary alicyclic amines) is 1. The van der Waals surface area contributed by atoms with E-state index in [2.05, 4.69) is 5.32 Å². The van der Waals surface area contributed by atoms with Crippen LogP contribution in [-0.2, 0) is 4.79 Å². The number of rotatable bonds is 5. The van der Waals surface area contributed by atoms with Gasteiger partial charge in [0.25, 0.3) is 11.8 Å². The maximum atomic E-state index is 12.7. The molecule has 3 rings (SSSR count). The molecule has 2 aromatic rings. The molecule has 0 spiro atoms. The van der Waals surface area contributed by atoms with Crippen LogP contribution >= 0.6 is 0 Å². The molecule has 2 amide bonds. The summed E-state index contributed by atoms with van der Waals surface area (Å²) in [6.45, 7) is 5.15. The summed E-state index contributed by atoms with van der Waals surface area (Å²) in [4.78, 5) is 38.0. The fraction of sp³-hybridized carbons (Fsp3) is 0.348. The van der Waals surface area contributed by atoms with Crippen molar-refractivity contribution in [1.29, 1.82) is 0 Å². The molecule has 2 aromatic carbocycles. The van der Waals surface area contributed by atoms with Gasteiger partial charge in [-0.3, -0.25) is 14.4 Å². The van der Waals surface area contributed by atoms with Crippen molar-refractivity contribution >= 4 is 17.8 Å².